The molecule has 3 nitrogen and oxygen atoms in total. The van der Waals surface area contributed by atoms with Crippen molar-refractivity contribution < 1.29 is 19.0 Å². The molecular weight excluding hydrogens is 247 g/mol. The van der Waals surface area contributed by atoms with Crippen molar-refractivity contribution in [1.29, 1.82) is 0 Å². The van der Waals surface area contributed by atoms with Gasteiger partial charge in [0.15, 0.2) is 6.10 Å². The Bertz CT molecular complexity index is 622. The monoisotopic (exact) mass is 258 g/mol. The summed E-state index contributed by atoms with van der Waals surface area (Å²) in [6.07, 6.45) is -2.08. The second-order valence-electron chi connectivity index (χ2n) is 4.40. The fourth-order valence-electron chi connectivity index (χ4n) is 2.16. The molecule has 0 fully saturated rings. The zero-order valence-corrected chi connectivity index (χ0v) is 9.92. The third-order valence-electron chi connectivity index (χ3n) is 3.16. The largest absolute Gasteiger partial charge is 0.478 e. The summed E-state index contributed by atoms with van der Waals surface area (Å²) in [5.41, 5.74) is 0.918. The van der Waals surface area contributed by atoms with E-state index in [0.717, 1.165) is 0 Å². The van der Waals surface area contributed by atoms with E-state index in [1.165, 1.54) is 24.3 Å². The van der Waals surface area contributed by atoms with Gasteiger partial charge in [-0.15, -0.1) is 0 Å². The Labute approximate surface area is 109 Å². The number of hydrogen-bond donors (Lipinski definition) is 1. The number of Topliss-reactive ketones (excluding diaryl/α,β-unsaturated/α-hetero) is 1. The van der Waals surface area contributed by atoms with E-state index in [1.807, 2.05) is 0 Å². The number of ketones is 1. The number of aliphatic hydroxyl groups is 1. The Balaban J connectivity index is 1.89. The van der Waals surface area contributed by atoms with E-state index in [1.54, 1.807) is 24.3 Å². The van der Waals surface area contributed by atoms with E-state index < -0.39 is 18.0 Å². The van der Waals surface area contributed by atoms with E-state index in [9.17, 15) is 14.3 Å². The van der Waals surface area contributed by atoms with Crippen LogP contribution in [0, 0.1) is 5.82 Å². The number of ether oxygens (including phenoxy) is 1. The van der Waals surface area contributed by atoms with Crippen molar-refractivity contribution in [2.75, 3.05) is 0 Å². The second-order valence-corrected chi connectivity index (χ2v) is 4.40. The van der Waals surface area contributed by atoms with Gasteiger partial charge in [0.25, 0.3) is 0 Å². The molecular formula is C15H11FO3. The molecule has 0 amide bonds. The van der Waals surface area contributed by atoms with Gasteiger partial charge >= 0.3 is 0 Å². The first-order chi connectivity index (χ1) is 9.16. The van der Waals surface area contributed by atoms with Crippen molar-refractivity contribution >= 4 is 5.78 Å². The zero-order valence-electron chi connectivity index (χ0n) is 9.92. The minimum absolute atomic E-state index is 0.257. The molecule has 1 aliphatic heterocycles. The highest BCUT2D eigenvalue weighted by molar-refractivity contribution is 6.04. The zero-order chi connectivity index (χ0) is 13.4. The average Bonchev–Trinajstić information content (AvgIpc) is 2.77. The van der Waals surface area contributed by atoms with Gasteiger partial charge in [-0.2, -0.15) is 0 Å². The number of benzene rings is 2. The van der Waals surface area contributed by atoms with Gasteiger partial charge in [-0.05, 0) is 29.8 Å². The molecule has 0 bridgehead atoms. The third kappa shape index (κ3) is 2.00. The molecule has 96 valence electrons. The maximum absolute atomic E-state index is 12.8. The summed E-state index contributed by atoms with van der Waals surface area (Å²) >= 11 is 0. The van der Waals surface area contributed by atoms with E-state index >= 15 is 0 Å². The topological polar surface area (TPSA) is 46.5 Å². The van der Waals surface area contributed by atoms with Crippen LogP contribution in [0.4, 0.5) is 4.39 Å². The highest BCUT2D eigenvalue weighted by Gasteiger charge is 2.37. The Hall–Kier alpha value is -2.20. The van der Waals surface area contributed by atoms with Crippen LogP contribution >= 0.6 is 0 Å². The van der Waals surface area contributed by atoms with Gasteiger partial charge < -0.3 is 9.84 Å². The van der Waals surface area contributed by atoms with Crippen LogP contribution in [0.15, 0.2) is 48.5 Å². The molecule has 4 heteroatoms. The highest BCUT2D eigenvalue weighted by atomic mass is 19.1. The van der Waals surface area contributed by atoms with E-state index in [2.05, 4.69) is 0 Å². The molecule has 1 heterocycles. The summed E-state index contributed by atoms with van der Waals surface area (Å²) < 4.78 is 18.3. The van der Waals surface area contributed by atoms with Gasteiger partial charge in [0.2, 0.25) is 5.78 Å². The van der Waals surface area contributed by atoms with Crippen LogP contribution in [0.25, 0.3) is 0 Å². The number of carbonyl (C=O) groups excluding carboxylic acids is 1. The Morgan fingerprint density at radius 1 is 1.11 bits per heavy atom. The van der Waals surface area contributed by atoms with Crippen LogP contribution in [0.2, 0.25) is 0 Å². The predicted octanol–water partition coefficient (Wildman–Crippen LogP) is 2.50. The molecule has 0 aromatic heterocycles. The van der Waals surface area contributed by atoms with Crippen molar-refractivity contribution in [3.8, 4) is 5.75 Å². The molecule has 3 rings (SSSR count). The van der Waals surface area contributed by atoms with Crippen LogP contribution in [0.3, 0.4) is 0 Å². The molecule has 0 saturated carbocycles. The van der Waals surface area contributed by atoms with Gasteiger partial charge in [-0.3, -0.25) is 4.79 Å². The molecule has 0 saturated heterocycles. The fourth-order valence-corrected chi connectivity index (χ4v) is 2.16. The summed E-state index contributed by atoms with van der Waals surface area (Å²) in [5, 5.41) is 10.2. The van der Waals surface area contributed by atoms with E-state index in [4.69, 9.17) is 4.74 Å². The van der Waals surface area contributed by atoms with Crippen LogP contribution in [0.5, 0.6) is 5.75 Å². The normalized spacial score (nSPS) is 18.8. The summed E-state index contributed by atoms with van der Waals surface area (Å²) in [6, 6.07) is 12.2. The fraction of sp³-hybridized carbons (Fsp3) is 0.133. The highest BCUT2D eigenvalue weighted by Crippen LogP contribution is 2.33. The minimum atomic E-state index is -1.11. The first kappa shape index (κ1) is 11.9. The molecule has 0 unspecified atom stereocenters. The van der Waals surface area contributed by atoms with Crippen LogP contribution in [-0.2, 0) is 0 Å². The number of hydrogen-bond acceptors (Lipinski definition) is 3. The lowest BCUT2D eigenvalue weighted by Crippen LogP contribution is -2.28. The third-order valence-corrected chi connectivity index (χ3v) is 3.16. The lowest BCUT2D eigenvalue weighted by Gasteiger charge is -2.17. The molecule has 2 atom stereocenters. The maximum Gasteiger partial charge on any atom is 0.210 e. The van der Waals surface area contributed by atoms with Crippen LogP contribution < -0.4 is 4.74 Å². The van der Waals surface area contributed by atoms with E-state index in [0.29, 0.717) is 16.9 Å². The molecule has 2 aromatic carbocycles. The summed E-state index contributed by atoms with van der Waals surface area (Å²) in [6.45, 7) is 0. The summed E-state index contributed by atoms with van der Waals surface area (Å²) in [4.78, 5) is 12.1. The first-order valence-corrected chi connectivity index (χ1v) is 5.90. The standard InChI is InChI=1S/C15H11FO3/c16-10-7-5-9(6-8-10)13(17)15-14(18)11-3-1-2-4-12(11)19-15/h1-8,13,15,17H/t13-,15+/m1/s1. The molecule has 0 aliphatic carbocycles. The van der Waals surface area contributed by atoms with Crippen LogP contribution in [-0.4, -0.2) is 17.0 Å². The molecule has 0 spiro atoms. The molecule has 1 N–H and O–H groups in total. The van der Waals surface area contributed by atoms with Gasteiger partial charge in [0.05, 0.1) is 5.56 Å². The lowest BCUT2D eigenvalue weighted by atomic mass is 9.99. The van der Waals surface area contributed by atoms with Crippen molar-refractivity contribution in [2.45, 2.75) is 12.2 Å². The summed E-state index contributed by atoms with van der Waals surface area (Å²) in [5.74, 6) is -0.177. The van der Waals surface area contributed by atoms with Crippen LogP contribution in [0.1, 0.15) is 22.0 Å². The summed E-state index contributed by atoms with van der Waals surface area (Å²) in [7, 11) is 0. The number of para-hydroxylation sites is 1. The Morgan fingerprint density at radius 2 is 1.79 bits per heavy atom. The molecule has 19 heavy (non-hydrogen) atoms. The SMILES string of the molecule is O=C1c2ccccc2O[C@H]1[C@H](O)c1ccc(F)cc1. The number of fused-ring (bicyclic) bond motifs is 1. The lowest BCUT2D eigenvalue weighted by molar-refractivity contribution is 0.0407. The Morgan fingerprint density at radius 3 is 2.47 bits per heavy atom. The molecule has 1 aliphatic rings. The van der Waals surface area contributed by atoms with Crippen molar-refractivity contribution in [2.24, 2.45) is 0 Å². The quantitative estimate of drug-likeness (QED) is 0.900. The molecule has 0 radical (unpaired) electrons. The smallest absolute Gasteiger partial charge is 0.210 e. The first-order valence-electron chi connectivity index (χ1n) is 5.90. The predicted molar refractivity (Wildman–Crippen MR) is 66.5 cm³/mol. The van der Waals surface area contributed by atoms with Crippen molar-refractivity contribution in [3.63, 3.8) is 0 Å². The second kappa shape index (κ2) is 4.48. The minimum Gasteiger partial charge on any atom is -0.478 e. The number of halogens is 1. The number of aliphatic hydroxyl groups excluding tert-OH is 1. The van der Waals surface area contributed by atoms with Gasteiger partial charge in [-0.1, -0.05) is 24.3 Å². The van der Waals surface area contributed by atoms with Crippen molar-refractivity contribution in [1.82, 2.24) is 0 Å². The van der Waals surface area contributed by atoms with Gasteiger partial charge in [0, 0.05) is 0 Å². The number of rotatable bonds is 2. The van der Waals surface area contributed by atoms with Gasteiger partial charge in [0.1, 0.15) is 17.7 Å². The number of carbonyl (C=O) groups is 1. The van der Waals surface area contributed by atoms with Crippen molar-refractivity contribution in [3.05, 3.63) is 65.5 Å². The average molecular weight is 258 g/mol. The Kier molecular flexibility index (Phi) is 2.80. The van der Waals surface area contributed by atoms with E-state index in [-0.39, 0.29) is 5.78 Å². The maximum atomic E-state index is 12.8. The van der Waals surface area contributed by atoms with Gasteiger partial charge in [-0.25, -0.2) is 4.39 Å². The molecule has 2 aromatic rings.